The second-order valence-electron chi connectivity index (χ2n) is 7.91. The summed E-state index contributed by atoms with van der Waals surface area (Å²) in [4.78, 5) is 11.8. The number of methoxy groups -OCH3 is 2. The smallest absolute Gasteiger partial charge is 0.193 e. The van der Waals surface area contributed by atoms with Gasteiger partial charge in [-0.25, -0.2) is 0 Å². The molecule has 0 bridgehead atoms. The van der Waals surface area contributed by atoms with E-state index in [2.05, 4.69) is 37.1 Å². The lowest BCUT2D eigenvalue weighted by molar-refractivity contribution is 0.157. The van der Waals surface area contributed by atoms with Crippen LogP contribution < -0.4 is 15.0 Å². The molecule has 30 heavy (non-hydrogen) atoms. The molecule has 0 aromatic heterocycles. The Labute approximate surface area is 198 Å². The highest BCUT2D eigenvalue weighted by molar-refractivity contribution is 14.0. The molecule has 7 nitrogen and oxygen atoms in total. The molecule has 1 N–H and O–H groups in total. The van der Waals surface area contributed by atoms with Crippen LogP contribution in [0.15, 0.2) is 29.3 Å². The van der Waals surface area contributed by atoms with E-state index in [9.17, 15) is 0 Å². The van der Waals surface area contributed by atoms with Crippen LogP contribution in [-0.4, -0.2) is 96.0 Å². The number of rotatable bonds is 8. The van der Waals surface area contributed by atoms with Gasteiger partial charge in [0.15, 0.2) is 5.96 Å². The lowest BCUT2D eigenvalue weighted by atomic mass is 10.1. The highest BCUT2D eigenvalue weighted by Crippen LogP contribution is 2.20. The summed E-state index contributed by atoms with van der Waals surface area (Å²) in [7, 11) is 5.37. The first kappa shape index (κ1) is 25.0. The average Bonchev–Trinajstić information content (AvgIpc) is 3.23. The summed E-state index contributed by atoms with van der Waals surface area (Å²) in [5.41, 5.74) is 1.29. The predicted octanol–water partition coefficient (Wildman–Crippen LogP) is 2.37. The first-order valence-electron chi connectivity index (χ1n) is 10.8. The van der Waals surface area contributed by atoms with Crippen LogP contribution in [0, 0.1) is 5.92 Å². The zero-order valence-corrected chi connectivity index (χ0v) is 21.0. The van der Waals surface area contributed by atoms with Gasteiger partial charge in [-0.15, -0.1) is 24.0 Å². The van der Waals surface area contributed by atoms with Gasteiger partial charge in [0.2, 0.25) is 0 Å². The van der Waals surface area contributed by atoms with E-state index in [0.717, 1.165) is 77.1 Å². The quantitative estimate of drug-likeness (QED) is 0.241. The Morgan fingerprint density at radius 3 is 2.47 bits per heavy atom. The fraction of sp³-hybridized carbons (Fsp3) is 0.682. The Bertz CT molecular complexity index is 635. The lowest BCUT2D eigenvalue weighted by Crippen LogP contribution is -2.47. The highest BCUT2D eigenvalue weighted by Gasteiger charge is 2.24. The largest absolute Gasteiger partial charge is 0.497 e. The Hall–Kier alpha value is -1.26. The zero-order valence-electron chi connectivity index (χ0n) is 18.7. The predicted molar refractivity (Wildman–Crippen MR) is 135 cm³/mol. The average molecular weight is 531 g/mol. The van der Waals surface area contributed by atoms with E-state index < -0.39 is 0 Å². The van der Waals surface area contributed by atoms with Gasteiger partial charge in [0.1, 0.15) is 5.75 Å². The first-order chi connectivity index (χ1) is 14.2. The Morgan fingerprint density at radius 1 is 1.10 bits per heavy atom. The molecule has 2 heterocycles. The van der Waals surface area contributed by atoms with Crippen molar-refractivity contribution in [2.75, 3.05) is 85.1 Å². The molecule has 0 spiro atoms. The minimum Gasteiger partial charge on any atom is -0.497 e. The van der Waals surface area contributed by atoms with Gasteiger partial charge in [0.25, 0.3) is 0 Å². The van der Waals surface area contributed by atoms with Gasteiger partial charge in [-0.3, -0.25) is 9.89 Å². The number of halogens is 1. The van der Waals surface area contributed by atoms with Gasteiger partial charge >= 0.3 is 0 Å². The monoisotopic (exact) mass is 531 g/mol. The Kier molecular flexibility index (Phi) is 11.0. The maximum Gasteiger partial charge on any atom is 0.193 e. The molecule has 8 heteroatoms. The third kappa shape index (κ3) is 7.16. The van der Waals surface area contributed by atoms with Crippen LogP contribution in [0.2, 0.25) is 0 Å². The third-order valence-corrected chi connectivity index (χ3v) is 5.94. The lowest BCUT2D eigenvalue weighted by Gasteiger charge is -2.36. The maximum atomic E-state index is 5.30. The molecule has 1 aromatic carbocycles. The number of nitrogens with one attached hydrogen (secondary N) is 1. The molecule has 1 unspecified atom stereocenters. The molecule has 1 aromatic rings. The molecule has 2 saturated heterocycles. The van der Waals surface area contributed by atoms with Crippen molar-refractivity contribution >= 4 is 35.6 Å². The summed E-state index contributed by atoms with van der Waals surface area (Å²) < 4.78 is 10.6. The van der Waals surface area contributed by atoms with Crippen LogP contribution in [-0.2, 0) is 4.74 Å². The fourth-order valence-electron chi connectivity index (χ4n) is 4.25. The number of benzene rings is 1. The van der Waals surface area contributed by atoms with Crippen molar-refractivity contribution < 1.29 is 9.47 Å². The van der Waals surface area contributed by atoms with E-state index in [0.29, 0.717) is 5.92 Å². The number of hydrogen-bond donors (Lipinski definition) is 1. The number of nitrogens with zero attached hydrogens (tertiary/aromatic N) is 4. The van der Waals surface area contributed by atoms with Crippen LogP contribution >= 0.6 is 24.0 Å². The maximum absolute atomic E-state index is 5.30. The molecule has 3 rings (SSSR count). The molecule has 0 aliphatic carbocycles. The second-order valence-corrected chi connectivity index (χ2v) is 7.91. The zero-order chi connectivity index (χ0) is 20.5. The number of likely N-dealkylation sites (tertiary alicyclic amines) is 1. The molecule has 0 radical (unpaired) electrons. The summed E-state index contributed by atoms with van der Waals surface area (Å²) in [5.74, 6) is 2.58. The molecule has 0 saturated carbocycles. The first-order valence-corrected chi connectivity index (χ1v) is 10.8. The SMILES string of the molecule is CN=C(NCCCN1CCN(c2ccc(OC)cc2)CC1)N1CCC(COC)C1.I. The van der Waals surface area contributed by atoms with E-state index in [1.807, 2.05) is 19.2 Å². The van der Waals surface area contributed by atoms with Crippen molar-refractivity contribution in [1.29, 1.82) is 0 Å². The van der Waals surface area contributed by atoms with E-state index in [4.69, 9.17) is 9.47 Å². The summed E-state index contributed by atoms with van der Waals surface area (Å²) >= 11 is 0. The number of aliphatic imine (C=N–C) groups is 1. The van der Waals surface area contributed by atoms with Gasteiger partial charge in [-0.1, -0.05) is 0 Å². The number of piperazine rings is 1. The Balaban J connectivity index is 0.00000320. The molecule has 2 aliphatic heterocycles. The molecule has 0 amide bonds. The van der Waals surface area contributed by atoms with E-state index in [-0.39, 0.29) is 24.0 Å². The summed E-state index contributed by atoms with van der Waals surface area (Å²) in [6.45, 7) is 9.45. The van der Waals surface area contributed by atoms with Crippen LogP contribution in [0.1, 0.15) is 12.8 Å². The number of anilines is 1. The Morgan fingerprint density at radius 2 is 1.83 bits per heavy atom. The van der Waals surface area contributed by atoms with E-state index in [1.165, 1.54) is 12.1 Å². The molecule has 2 fully saturated rings. The fourth-order valence-corrected chi connectivity index (χ4v) is 4.25. The molecular weight excluding hydrogens is 493 g/mol. The van der Waals surface area contributed by atoms with Gasteiger partial charge in [-0.2, -0.15) is 0 Å². The number of ether oxygens (including phenoxy) is 2. The van der Waals surface area contributed by atoms with E-state index in [1.54, 1.807) is 14.2 Å². The van der Waals surface area contributed by atoms with Crippen LogP contribution in [0.3, 0.4) is 0 Å². The number of hydrogen-bond acceptors (Lipinski definition) is 5. The molecule has 2 aliphatic rings. The van der Waals surface area contributed by atoms with Gasteiger partial charge in [-0.05, 0) is 43.7 Å². The number of guanidine groups is 1. The molecular formula is C22H38IN5O2. The minimum absolute atomic E-state index is 0. The second kappa shape index (κ2) is 13.2. The normalized spacial score (nSPS) is 20.2. The summed E-state index contributed by atoms with van der Waals surface area (Å²) in [5, 5.41) is 3.55. The summed E-state index contributed by atoms with van der Waals surface area (Å²) in [6, 6.07) is 8.38. The van der Waals surface area contributed by atoms with Crippen LogP contribution in [0.4, 0.5) is 5.69 Å². The van der Waals surface area contributed by atoms with Crippen LogP contribution in [0.25, 0.3) is 0 Å². The molecule has 170 valence electrons. The van der Waals surface area contributed by atoms with E-state index >= 15 is 0 Å². The van der Waals surface area contributed by atoms with Gasteiger partial charge in [0, 0.05) is 71.6 Å². The third-order valence-electron chi connectivity index (χ3n) is 5.94. The highest BCUT2D eigenvalue weighted by atomic mass is 127. The van der Waals surface area contributed by atoms with Gasteiger partial charge in [0.05, 0.1) is 13.7 Å². The van der Waals surface area contributed by atoms with Crippen molar-refractivity contribution in [3.8, 4) is 5.75 Å². The minimum atomic E-state index is 0. The summed E-state index contributed by atoms with van der Waals surface area (Å²) in [6.07, 6.45) is 2.32. The van der Waals surface area contributed by atoms with Crippen molar-refractivity contribution in [1.82, 2.24) is 15.1 Å². The standard InChI is InChI=1S/C22H37N5O2.HI/c1-23-22(27-12-9-19(17-27)18-28-2)24-10-4-11-25-13-15-26(16-14-25)20-5-7-21(29-3)8-6-20;/h5-8,19H,4,9-18H2,1-3H3,(H,23,24);1H. The van der Waals surface area contributed by atoms with Crippen molar-refractivity contribution in [3.63, 3.8) is 0 Å². The van der Waals surface area contributed by atoms with Gasteiger partial charge < -0.3 is 24.6 Å². The molecule has 1 atom stereocenters. The van der Waals surface area contributed by atoms with Crippen LogP contribution in [0.5, 0.6) is 5.75 Å². The van der Waals surface area contributed by atoms with Crippen molar-refractivity contribution in [3.05, 3.63) is 24.3 Å². The van der Waals surface area contributed by atoms with Crippen molar-refractivity contribution in [2.24, 2.45) is 10.9 Å². The van der Waals surface area contributed by atoms with Crippen molar-refractivity contribution in [2.45, 2.75) is 12.8 Å². The topological polar surface area (TPSA) is 52.6 Å².